The Balaban J connectivity index is 1.59. The largest absolute Gasteiger partial charge is 0.370 e. The molecule has 0 spiro atoms. The molecule has 0 aromatic heterocycles. The maximum absolute atomic E-state index is 9.33. The van der Waals surface area contributed by atoms with E-state index >= 15 is 0 Å². The first-order valence-corrected chi connectivity index (χ1v) is 8.24. The lowest BCUT2D eigenvalue weighted by atomic mass is 9.95. The van der Waals surface area contributed by atoms with Crippen LogP contribution in [0.1, 0.15) is 36.8 Å². The van der Waals surface area contributed by atoms with Gasteiger partial charge in [0.1, 0.15) is 6.07 Å². The van der Waals surface area contributed by atoms with Gasteiger partial charge < -0.3 is 9.80 Å². The SMILES string of the molecule is Cc1ccc(N2CCC(CN3CCCC3)CC2)c(C#N)c1. The first kappa shape index (κ1) is 14.4. The summed E-state index contributed by atoms with van der Waals surface area (Å²) in [6, 6.07) is 8.60. The molecular formula is C18H25N3. The third-order valence-electron chi connectivity index (χ3n) is 4.94. The van der Waals surface area contributed by atoms with E-state index in [9.17, 15) is 5.26 Å². The van der Waals surface area contributed by atoms with E-state index < -0.39 is 0 Å². The monoisotopic (exact) mass is 283 g/mol. The van der Waals surface area contributed by atoms with Crippen molar-refractivity contribution < 1.29 is 0 Å². The van der Waals surface area contributed by atoms with E-state index in [1.807, 2.05) is 13.0 Å². The van der Waals surface area contributed by atoms with Crippen LogP contribution < -0.4 is 4.90 Å². The smallest absolute Gasteiger partial charge is 0.101 e. The standard InChI is InChI=1S/C18H25N3/c1-15-4-5-18(17(12-15)13-19)21-10-6-16(7-11-21)14-20-8-2-3-9-20/h4-5,12,16H,2-3,6-11,14H2,1H3. The maximum atomic E-state index is 9.33. The Morgan fingerprint density at radius 2 is 1.86 bits per heavy atom. The summed E-state index contributed by atoms with van der Waals surface area (Å²) in [6.45, 7) is 8.12. The molecule has 0 unspecified atom stereocenters. The first-order valence-electron chi connectivity index (χ1n) is 8.24. The Bertz CT molecular complexity index is 518. The average Bonchev–Trinajstić information content (AvgIpc) is 3.01. The van der Waals surface area contributed by atoms with Crippen LogP contribution in [0.5, 0.6) is 0 Å². The normalized spacial score (nSPS) is 20.7. The van der Waals surface area contributed by atoms with Crippen molar-refractivity contribution in [2.24, 2.45) is 5.92 Å². The first-order chi connectivity index (χ1) is 10.3. The molecule has 0 saturated carbocycles. The van der Waals surface area contributed by atoms with Gasteiger partial charge >= 0.3 is 0 Å². The number of likely N-dealkylation sites (tertiary alicyclic amines) is 1. The minimum absolute atomic E-state index is 0.827. The summed E-state index contributed by atoms with van der Waals surface area (Å²) in [4.78, 5) is 5.03. The molecule has 2 fully saturated rings. The lowest BCUT2D eigenvalue weighted by molar-refractivity contribution is 0.249. The maximum Gasteiger partial charge on any atom is 0.101 e. The van der Waals surface area contributed by atoms with Gasteiger partial charge in [0.15, 0.2) is 0 Å². The van der Waals surface area contributed by atoms with E-state index in [1.54, 1.807) is 0 Å². The van der Waals surface area contributed by atoms with Crippen LogP contribution in [0.25, 0.3) is 0 Å². The summed E-state index contributed by atoms with van der Waals surface area (Å²) < 4.78 is 0. The predicted octanol–water partition coefficient (Wildman–Crippen LogP) is 3.18. The van der Waals surface area contributed by atoms with E-state index in [4.69, 9.17) is 0 Å². The van der Waals surface area contributed by atoms with Crippen LogP contribution in [0.15, 0.2) is 18.2 Å². The molecule has 3 rings (SSSR count). The lowest BCUT2D eigenvalue weighted by Crippen LogP contribution is -2.38. The van der Waals surface area contributed by atoms with Crippen LogP contribution in [0.3, 0.4) is 0 Å². The van der Waals surface area contributed by atoms with E-state index in [2.05, 4.69) is 28.0 Å². The van der Waals surface area contributed by atoms with Gasteiger partial charge in [-0.1, -0.05) is 6.07 Å². The van der Waals surface area contributed by atoms with Gasteiger partial charge in [-0.25, -0.2) is 0 Å². The zero-order chi connectivity index (χ0) is 14.7. The molecule has 21 heavy (non-hydrogen) atoms. The van der Waals surface area contributed by atoms with Crippen LogP contribution in [0, 0.1) is 24.2 Å². The number of nitrogens with zero attached hydrogens (tertiary/aromatic N) is 3. The molecule has 2 aliphatic heterocycles. The highest BCUT2D eigenvalue weighted by Crippen LogP contribution is 2.27. The molecule has 0 radical (unpaired) electrons. The summed E-state index contributed by atoms with van der Waals surface area (Å²) in [5.41, 5.74) is 3.12. The van der Waals surface area contributed by atoms with Crippen LogP contribution in [-0.2, 0) is 0 Å². The molecule has 1 aromatic carbocycles. The summed E-state index contributed by atoms with van der Waals surface area (Å²) in [5.74, 6) is 0.843. The minimum Gasteiger partial charge on any atom is -0.370 e. The van der Waals surface area contributed by atoms with Gasteiger partial charge in [-0.3, -0.25) is 0 Å². The predicted molar refractivity (Wildman–Crippen MR) is 86.5 cm³/mol. The molecular weight excluding hydrogens is 258 g/mol. The summed E-state index contributed by atoms with van der Waals surface area (Å²) >= 11 is 0. The molecule has 0 aliphatic carbocycles. The van der Waals surface area contributed by atoms with Gasteiger partial charge in [0.05, 0.1) is 11.3 Å². The Morgan fingerprint density at radius 1 is 1.14 bits per heavy atom. The molecule has 2 aliphatic rings. The summed E-state index contributed by atoms with van der Waals surface area (Å²) in [7, 11) is 0. The zero-order valence-corrected chi connectivity index (χ0v) is 13.0. The second-order valence-corrected chi connectivity index (χ2v) is 6.57. The second-order valence-electron chi connectivity index (χ2n) is 6.57. The number of anilines is 1. The van der Waals surface area contributed by atoms with Crippen molar-refractivity contribution in [2.75, 3.05) is 37.6 Å². The number of aryl methyl sites for hydroxylation is 1. The Kier molecular flexibility index (Phi) is 4.45. The highest BCUT2D eigenvalue weighted by atomic mass is 15.2. The third-order valence-corrected chi connectivity index (χ3v) is 4.94. The van der Waals surface area contributed by atoms with Crippen molar-refractivity contribution in [1.29, 1.82) is 5.26 Å². The Labute approximate surface area is 128 Å². The molecule has 0 N–H and O–H groups in total. The van der Waals surface area contributed by atoms with Gasteiger partial charge in [-0.2, -0.15) is 5.26 Å². The number of piperidine rings is 1. The van der Waals surface area contributed by atoms with E-state index in [1.165, 1.54) is 50.9 Å². The molecule has 1 aromatic rings. The fraction of sp³-hybridized carbons (Fsp3) is 0.611. The van der Waals surface area contributed by atoms with E-state index in [-0.39, 0.29) is 0 Å². The Morgan fingerprint density at radius 3 is 2.52 bits per heavy atom. The Hall–Kier alpha value is -1.53. The second kappa shape index (κ2) is 6.49. The highest BCUT2D eigenvalue weighted by Gasteiger charge is 2.23. The third kappa shape index (κ3) is 3.39. The molecule has 2 saturated heterocycles. The van der Waals surface area contributed by atoms with E-state index in [0.29, 0.717) is 0 Å². The topological polar surface area (TPSA) is 30.3 Å². The minimum atomic E-state index is 0.827. The van der Waals surface area contributed by atoms with Gasteiger partial charge in [-0.05, 0) is 69.3 Å². The van der Waals surface area contributed by atoms with Crippen molar-refractivity contribution in [1.82, 2.24) is 4.90 Å². The van der Waals surface area contributed by atoms with Gasteiger partial charge in [0.25, 0.3) is 0 Å². The molecule has 3 nitrogen and oxygen atoms in total. The molecule has 0 atom stereocenters. The van der Waals surface area contributed by atoms with Crippen LogP contribution in [0.2, 0.25) is 0 Å². The van der Waals surface area contributed by atoms with Crippen molar-refractivity contribution in [2.45, 2.75) is 32.6 Å². The fourth-order valence-electron chi connectivity index (χ4n) is 3.70. The zero-order valence-electron chi connectivity index (χ0n) is 13.0. The number of hydrogen-bond donors (Lipinski definition) is 0. The summed E-state index contributed by atoms with van der Waals surface area (Å²) in [6.07, 6.45) is 5.28. The van der Waals surface area contributed by atoms with Crippen LogP contribution >= 0.6 is 0 Å². The van der Waals surface area contributed by atoms with E-state index in [0.717, 1.165) is 30.3 Å². The van der Waals surface area contributed by atoms with Crippen LogP contribution in [0.4, 0.5) is 5.69 Å². The lowest BCUT2D eigenvalue weighted by Gasteiger charge is -2.35. The van der Waals surface area contributed by atoms with Crippen molar-refractivity contribution in [3.63, 3.8) is 0 Å². The highest BCUT2D eigenvalue weighted by molar-refractivity contribution is 5.60. The number of hydrogen-bond acceptors (Lipinski definition) is 3. The van der Waals surface area contributed by atoms with Gasteiger partial charge in [0, 0.05) is 19.6 Å². The van der Waals surface area contributed by atoms with Gasteiger partial charge in [0.2, 0.25) is 0 Å². The average molecular weight is 283 g/mol. The number of benzene rings is 1. The molecule has 2 heterocycles. The van der Waals surface area contributed by atoms with Crippen molar-refractivity contribution in [3.05, 3.63) is 29.3 Å². The fourth-order valence-corrected chi connectivity index (χ4v) is 3.70. The van der Waals surface area contributed by atoms with Crippen molar-refractivity contribution >= 4 is 5.69 Å². The molecule has 0 amide bonds. The molecule has 0 bridgehead atoms. The van der Waals surface area contributed by atoms with Gasteiger partial charge in [-0.15, -0.1) is 0 Å². The quantitative estimate of drug-likeness (QED) is 0.853. The summed E-state index contributed by atoms with van der Waals surface area (Å²) in [5, 5.41) is 9.33. The number of nitriles is 1. The molecule has 3 heteroatoms. The molecule has 112 valence electrons. The van der Waals surface area contributed by atoms with Crippen molar-refractivity contribution in [3.8, 4) is 6.07 Å². The number of rotatable bonds is 3. The van der Waals surface area contributed by atoms with Crippen LogP contribution in [-0.4, -0.2) is 37.6 Å².